The van der Waals surface area contributed by atoms with Gasteiger partial charge in [0, 0.05) is 10.4 Å². The molecule has 178 valence electrons. The molecule has 34 heavy (non-hydrogen) atoms. The third kappa shape index (κ3) is 5.39. The molecule has 0 radical (unpaired) electrons. The lowest BCUT2D eigenvalue weighted by Crippen LogP contribution is -2.17. The predicted octanol–water partition coefficient (Wildman–Crippen LogP) is 5.82. The summed E-state index contributed by atoms with van der Waals surface area (Å²) in [6.45, 7) is 5.25. The number of carbonyl (C=O) groups is 3. The van der Waals surface area contributed by atoms with Crippen molar-refractivity contribution in [2.24, 2.45) is 0 Å². The summed E-state index contributed by atoms with van der Waals surface area (Å²) in [5.41, 5.74) is 2.06. The zero-order valence-corrected chi connectivity index (χ0v) is 20.3. The van der Waals surface area contributed by atoms with E-state index in [1.54, 1.807) is 50.2 Å². The van der Waals surface area contributed by atoms with Gasteiger partial charge in [0.25, 0.3) is 5.91 Å². The summed E-state index contributed by atoms with van der Waals surface area (Å²) >= 11 is 1.43. The number of aryl methyl sites for hydroxylation is 1. The molecular formula is C26H27NO6S. The van der Waals surface area contributed by atoms with Crippen molar-refractivity contribution in [3.05, 3.63) is 69.5 Å². The Morgan fingerprint density at radius 1 is 1.06 bits per heavy atom. The number of thiophene rings is 1. The first kappa shape index (κ1) is 23.8. The maximum absolute atomic E-state index is 12.9. The summed E-state index contributed by atoms with van der Waals surface area (Å²) in [5.74, 6) is 0.333. The molecule has 1 aliphatic carbocycles. The number of benzene rings is 1. The Morgan fingerprint density at radius 3 is 2.50 bits per heavy atom. The lowest BCUT2D eigenvalue weighted by molar-refractivity contribution is 0.0378. The summed E-state index contributed by atoms with van der Waals surface area (Å²) in [6.07, 6.45) is 3.53. The second kappa shape index (κ2) is 10.3. The van der Waals surface area contributed by atoms with Crippen LogP contribution in [-0.4, -0.2) is 23.8 Å². The molecule has 7 nitrogen and oxygen atoms in total. The number of hydrogen-bond acceptors (Lipinski definition) is 7. The number of ketones is 1. The fourth-order valence-corrected chi connectivity index (χ4v) is 5.10. The highest BCUT2D eigenvalue weighted by Gasteiger charge is 2.28. The van der Waals surface area contributed by atoms with Gasteiger partial charge in [0.2, 0.25) is 0 Å². The van der Waals surface area contributed by atoms with Crippen molar-refractivity contribution in [2.75, 3.05) is 5.32 Å². The molecular weight excluding hydrogens is 454 g/mol. The molecule has 1 aromatic carbocycles. The lowest BCUT2D eigenvalue weighted by Gasteiger charge is -2.14. The van der Waals surface area contributed by atoms with E-state index in [0.717, 1.165) is 36.1 Å². The van der Waals surface area contributed by atoms with Crippen molar-refractivity contribution < 1.29 is 28.3 Å². The van der Waals surface area contributed by atoms with Crippen LogP contribution in [0.4, 0.5) is 5.00 Å². The molecule has 0 saturated heterocycles. The largest absolute Gasteiger partial charge is 0.486 e. The molecule has 0 unspecified atom stereocenters. The van der Waals surface area contributed by atoms with Gasteiger partial charge in [-0.1, -0.05) is 0 Å². The zero-order chi connectivity index (χ0) is 24.2. The van der Waals surface area contributed by atoms with Gasteiger partial charge >= 0.3 is 5.97 Å². The molecule has 1 N–H and O–H groups in total. The van der Waals surface area contributed by atoms with Gasteiger partial charge in [-0.2, -0.15) is 0 Å². The zero-order valence-electron chi connectivity index (χ0n) is 19.4. The molecule has 0 atom stereocenters. The van der Waals surface area contributed by atoms with E-state index < -0.39 is 11.9 Å². The molecule has 0 bridgehead atoms. The van der Waals surface area contributed by atoms with E-state index in [0.29, 0.717) is 27.6 Å². The van der Waals surface area contributed by atoms with Crippen LogP contribution in [0.5, 0.6) is 5.75 Å². The van der Waals surface area contributed by atoms with Crippen LogP contribution in [-0.2, 0) is 24.2 Å². The van der Waals surface area contributed by atoms with Gasteiger partial charge < -0.3 is 19.2 Å². The van der Waals surface area contributed by atoms with Gasteiger partial charge in [-0.25, -0.2) is 4.79 Å². The van der Waals surface area contributed by atoms with Crippen molar-refractivity contribution in [1.29, 1.82) is 0 Å². The van der Waals surface area contributed by atoms with Crippen LogP contribution in [0.1, 0.15) is 81.1 Å². The molecule has 2 heterocycles. The first-order valence-corrected chi connectivity index (χ1v) is 12.1. The van der Waals surface area contributed by atoms with Crippen LogP contribution in [0, 0.1) is 0 Å². The maximum atomic E-state index is 12.9. The predicted molar refractivity (Wildman–Crippen MR) is 129 cm³/mol. The highest BCUT2D eigenvalue weighted by atomic mass is 32.1. The highest BCUT2D eigenvalue weighted by Crippen LogP contribution is 2.39. The number of Topliss-reactive ketones (excluding diaryl/α,β-unsaturated/α-hetero) is 1. The average molecular weight is 482 g/mol. The molecule has 2 aromatic heterocycles. The van der Waals surface area contributed by atoms with E-state index in [-0.39, 0.29) is 24.3 Å². The van der Waals surface area contributed by atoms with E-state index >= 15 is 0 Å². The molecule has 0 aliphatic heterocycles. The van der Waals surface area contributed by atoms with E-state index in [4.69, 9.17) is 13.9 Å². The van der Waals surface area contributed by atoms with Gasteiger partial charge in [0.05, 0.1) is 11.7 Å². The second-order valence-corrected chi connectivity index (χ2v) is 9.56. The van der Waals surface area contributed by atoms with Crippen molar-refractivity contribution in [3.8, 4) is 5.75 Å². The van der Waals surface area contributed by atoms with Crippen molar-refractivity contribution in [1.82, 2.24) is 0 Å². The molecule has 0 saturated carbocycles. The number of fused-ring (bicyclic) bond motifs is 1. The van der Waals surface area contributed by atoms with Crippen LogP contribution in [0.25, 0.3) is 0 Å². The summed E-state index contributed by atoms with van der Waals surface area (Å²) in [7, 11) is 0. The van der Waals surface area contributed by atoms with E-state index in [2.05, 4.69) is 5.32 Å². The van der Waals surface area contributed by atoms with Crippen LogP contribution >= 0.6 is 11.3 Å². The number of amides is 1. The standard InChI is InChI=1S/C26H27NO6S/c1-15(2)32-26(30)23-20-6-4-5-7-22(20)34-25(23)27-24(29)21-13-12-19(33-21)14-31-18-10-8-17(9-11-18)16(3)28/h8-13,15H,4-7,14H2,1-3H3,(H,27,29). The number of ether oxygens (including phenoxy) is 2. The Balaban J connectivity index is 1.45. The van der Waals surface area contributed by atoms with Gasteiger partial charge in [0.1, 0.15) is 23.1 Å². The Hall–Kier alpha value is -3.39. The topological polar surface area (TPSA) is 94.8 Å². The molecule has 0 fully saturated rings. The molecule has 1 amide bonds. The normalized spacial score (nSPS) is 12.8. The summed E-state index contributed by atoms with van der Waals surface area (Å²) in [4.78, 5) is 38.2. The summed E-state index contributed by atoms with van der Waals surface area (Å²) < 4.78 is 16.8. The third-order valence-electron chi connectivity index (χ3n) is 5.47. The molecule has 4 rings (SSSR count). The quantitative estimate of drug-likeness (QED) is 0.322. The molecule has 0 spiro atoms. The minimum absolute atomic E-state index is 0.0135. The van der Waals surface area contributed by atoms with Crippen LogP contribution < -0.4 is 10.1 Å². The first-order valence-electron chi connectivity index (χ1n) is 11.3. The SMILES string of the molecule is CC(=O)c1ccc(OCc2ccc(C(=O)Nc3sc4c(c3C(=O)OC(C)C)CCCC4)o2)cc1. The maximum Gasteiger partial charge on any atom is 0.341 e. The monoisotopic (exact) mass is 481 g/mol. The number of anilines is 1. The van der Waals surface area contributed by atoms with Crippen LogP contribution in [0.3, 0.4) is 0 Å². The fraction of sp³-hybridized carbons (Fsp3) is 0.346. The van der Waals surface area contributed by atoms with Crippen LogP contribution in [0.15, 0.2) is 40.8 Å². The van der Waals surface area contributed by atoms with Gasteiger partial charge in [-0.3, -0.25) is 9.59 Å². The smallest absolute Gasteiger partial charge is 0.341 e. The number of nitrogens with one attached hydrogen (secondary N) is 1. The first-order chi connectivity index (χ1) is 16.3. The number of hydrogen-bond donors (Lipinski definition) is 1. The minimum atomic E-state index is -0.436. The minimum Gasteiger partial charge on any atom is -0.486 e. The van der Waals surface area contributed by atoms with Gasteiger partial charge in [0.15, 0.2) is 11.5 Å². The van der Waals surface area contributed by atoms with Gasteiger partial charge in [-0.05, 0) is 88.4 Å². The third-order valence-corrected chi connectivity index (χ3v) is 6.68. The average Bonchev–Trinajstić information content (AvgIpc) is 3.42. The highest BCUT2D eigenvalue weighted by molar-refractivity contribution is 7.17. The number of carbonyl (C=O) groups excluding carboxylic acids is 3. The summed E-state index contributed by atoms with van der Waals surface area (Å²) in [5, 5.41) is 3.36. The summed E-state index contributed by atoms with van der Waals surface area (Å²) in [6, 6.07) is 10.1. The Morgan fingerprint density at radius 2 is 1.79 bits per heavy atom. The van der Waals surface area contributed by atoms with E-state index in [9.17, 15) is 14.4 Å². The second-order valence-electron chi connectivity index (χ2n) is 8.46. The van der Waals surface area contributed by atoms with E-state index in [1.165, 1.54) is 18.3 Å². The van der Waals surface area contributed by atoms with Crippen molar-refractivity contribution in [3.63, 3.8) is 0 Å². The van der Waals surface area contributed by atoms with Crippen LogP contribution in [0.2, 0.25) is 0 Å². The Bertz CT molecular complexity index is 1200. The Kier molecular flexibility index (Phi) is 7.17. The number of rotatable bonds is 8. The van der Waals surface area contributed by atoms with Crippen molar-refractivity contribution >= 4 is 34.0 Å². The molecule has 8 heteroatoms. The lowest BCUT2D eigenvalue weighted by atomic mass is 9.95. The number of furan rings is 1. The van der Waals surface area contributed by atoms with E-state index in [1.807, 2.05) is 0 Å². The molecule has 3 aromatic rings. The number of esters is 1. The molecule has 1 aliphatic rings. The fourth-order valence-electron chi connectivity index (χ4n) is 3.83. The Labute approximate surface area is 202 Å². The van der Waals surface area contributed by atoms with Gasteiger partial charge in [-0.15, -0.1) is 11.3 Å². The van der Waals surface area contributed by atoms with Crippen molar-refractivity contribution in [2.45, 2.75) is 59.2 Å².